The number of rotatable bonds is 7. The van der Waals surface area contributed by atoms with E-state index >= 15 is 0 Å². The summed E-state index contributed by atoms with van der Waals surface area (Å²) >= 11 is 0. The fourth-order valence-corrected chi connectivity index (χ4v) is 4.40. The number of aromatic amines is 2. The second-order valence-electron chi connectivity index (χ2n) is 6.12. The van der Waals surface area contributed by atoms with Crippen LogP contribution in [0, 0.1) is 0 Å². The molecule has 0 spiro atoms. The molecule has 26 heavy (non-hydrogen) atoms. The van der Waals surface area contributed by atoms with Crippen molar-refractivity contribution in [2.24, 2.45) is 0 Å². The van der Waals surface area contributed by atoms with Crippen LogP contribution in [0.4, 0.5) is 0 Å². The summed E-state index contributed by atoms with van der Waals surface area (Å²) in [4.78, 5) is 0. The number of benzene rings is 2. The third-order valence-corrected chi connectivity index (χ3v) is 5.69. The Kier molecular flexibility index (Phi) is 4.97. The van der Waals surface area contributed by atoms with Crippen molar-refractivity contribution in [1.82, 2.24) is 30.8 Å². The van der Waals surface area contributed by atoms with Gasteiger partial charge in [-0.1, -0.05) is 59.8 Å². The number of hydrogen-bond donors (Lipinski definition) is 2. The van der Waals surface area contributed by atoms with Crippen LogP contribution in [-0.4, -0.2) is 40.3 Å². The molecule has 4 rings (SSSR count). The largest absolute Gasteiger partial charge is 0.198 e. The Hall–Kier alpha value is -3.06. The fraction of sp³-hybridized carbons (Fsp3) is 0.158. The highest BCUT2D eigenvalue weighted by atomic mass is 28.2. The second kappa shape index (κ2) is 7.88. The molecule has 128 valence electrons. The van der Waals surface area contributed by atoms with E-state index in [2.05, 4.69) is 79.4 Å². The molecule has 0 aliphatic carbocycles. The van der Waals surface area contributed by atoms with Crippen LogP contribution in [0.3, 0.4) is 0 Å². The van der Waals surface area contributed by atoms with E-state index in [0.29, 0.717) is 15.1 Å². The molecule has 2 heterocycles. The van der Waals surface area contributed by atoms with Gasteiger partial charge >= 0.3 is 0 Å². The van der Waals surface area contributed by atoms with E-state index in [1.807, 2.05) is 6.07 Å². The second-order valence-corrected chi connectivity index (χ2v) is 7.80. The van der Waals surface area contributed by atoms with Crippen molar-refractivity contribution in [2.45, 2.75) is 18.4 Å². The van der Waals surface area contributed by atoms with Gasteiger partial charge in [0.2, 0.25) is 0 Å². The van der Waals surface area contributed by atoms with E-state index in [4.69, 9.17) is 0 Å². The summed E-state index contributed by atoms with van der Waals surface area (Å²) in [5.74, 6) is 0. The van der Waals surface area contributed by atoms with Gasteiger partial charge in [0.05, 0.1) is 33.3 Å². The van der Waals surface area contributed by atoms with E-state index in [1.54, 1.807) is 12.4 Å². The van der Waals surface area contributed by atoms with Crippen LogP contribution in [0.15, 0.2) is 67.0 Å². The quantitative estimate of drug-likeness (QED) is 0.496. The van der Waals surface area contributed by atoms with Crippen LogP contribution >= 0.6 is 0 Å². The van der Waals surface area contributed by atoms with Crippen molar-refractivity contribution in [3.8, 4) is 11.1 Å². The minimum Gasteiger partial charge on any atom is -0.198 e. The number of H-pyrrole nitrogens is 2. The Balaban J connectivity index is 1.49. The molecule has 2 aromatic carbocycles. The lowest BCUT2D eigenvalue weighted by Gasteiger charge is -2.14. The molecule has 0 saturated carbocycles. The predicted octanol–water partition coefficient (Wildman–Crippen LogP) is 2.19. The average molecular weight is 358 g/mol. The third-order valence-electron chi connectivity index (χ3n) is 4.20. The molecule has 0 unspecified atom stereocenters. The summed E-state index contributed by atoms with van der Waals surface area (Å²) in [5, 5.41) is 23.0. The average Bonchev–Trinajstić information content (AvgIpc) is 3.37. The highest BCUT2D eigenvalue weighted by molar-refractivity contribution is 6.55. The first kappa shape index (κ1) is 16.4. The summed E-state index contributed by atoms with van der Waals surface area (Å²) in [6.45, 7) is 0. The predicted molar refractivity (Wildman–Crippen MR) is 101 cm³/mol. The molecular weight excluding hydrogens is 340 g/mol. The summed E-state index contributed by atoms with van der Waals surface area (Å²) in [5.41, 5.74) is 4.85. The van der Waals surface area contributed by atoms with E-state index in [9.17, 15) is 0 Å². The van der Waals surface area contributed by atoms with Crippen LogP contribution in [0.1, 0.15) is 11.4 Å². The minimum absolute atomic E-state index is 0.410. The number of nitrogens with zero attached hydrogens (tertiary/aromatic N) is 4. The Morgan fingerprint density at radius 3 is 1.85 bits per heavy atom. The molecule has 0 fully saturated rings. The van der Waals surface area contributed by atoms with Gasteiger partial charge in [0.25, 0.3) is 0 Å². The molecule has 0 aliphatic rings. The molecule has 4 aromatic rings. The van der Waals surface area contributed by atoms with Gasteiger partial charge in [-0.3, -0.25) is 0 Å². The van der Waals surface area contributed by atoms with Crippen molar-refractivity contribution in [1.29, 1.82) is 0 Å². The van der Waals surface area contributed by atoms with E-state index in [0.717, 1.165) is 24.2 Å². The topological polar surface area (TPSA) is 83.1 Å². The van der Waals surface area contributed by atoms with Gasteiger partial charge in [0.15, 0.2) is 0 Å². The maximum Gasteiger partial charge on any atom is 0.0850 e. The van der Waals surface area contributed by atoms with Crippen LogP contribution < -0.4 is 5.19 Å². The van der Waals surface area contributed by atoms with Crippen molar-refractivity contribution >= 4 is 14.7 Å². The van der Waals surface area contributed by atoms with Crippen molar-refractivity contribution in [3.63, 3.8) is 0 Å². The third kappa shape index (κ3) is 4.12. The van der Waals surface area contributed by atoms with Gasteiger partial charge in [-0.05, 0) is 29.5 Å². The minimum atomic E-state index is 0.410. The summed E-state index contributed by atoms with van der Waals surface area (Å²) in [7, 11) is 0.662. The molecule has 2 radical (unpaired) electrons. The van der Waals surface area contributed by atoms with Crippen molar-refractivity contribution in [3.05, 3.63) is 78.4 Å². The molecule has 0 bridgehead atoms. The number of hydrogen-bond acceptors (Lipinski definition) is 4. The lowest BCUT2D eigenvalue weighted by molar-refractivity contribution is 0.761. The number of nitrogens with one attached hydrogen (secondary N) is 2. The summed E-state index contributed by atoms with van der Waals surface area (Å²) < 4.78 is 0. The molecular formula is C19H18N6Si. The standard InChI is InChI=1S/C19H18N6Si/c1-2-4-14(5-3-1)15-6-8-18(9-7-15)26-19(10-16-12-20-24-22-16)11-17-13-21-25-23-17/h1-9,12-13,19H,10-11H2,(H,20,22,24)(H,21,23,25). The van der Waals surface area contributed by atoms with E-state index in [1.165, 1.54) is 16.3 Å². The smallest absolute Gasteiger partial charge is 0.0850 e. The van der Waals surface area contributed by atoms with Gasteiger partial charge in [0.1, 0.15) is 0 Å². The normalized spacial score (nSPS) is 11.1. The van der Waals surface area contributed by atoms with Crippen molar-refractivity contribution < 1.29 is 0 Å². The lowest BCUT2D eigenvalue weighted by atomic mass is 10.1. The lowest BCUT2D eigenvalue weighted by Crippen LogP contribution is -2.23. The molecule has 0 saturated heterocycles. The van der Waals surface area contributed by atoms with Gasteiger partial charge in [-0.15, -0.1) is 0 Å². The van der Waals surface area contributed by atoms with Gasteiger partial charge in [-0.2, -0.15) is 30.8 Å². The summed E-state index contributed by atoms with van der Waals surface area (Å²) in [6, 6.07) is 19.3. The van der Waals surface area contributed by atoms with E-state index < -0.39 is 0 Å². The Morgan fingerprint density at radius 1 is 0.731 bits per heavy atom. The first-order valence-corrected chi connectivity index (χ1v) is 9.56. The van der Waals surface area contributed by atoms with Crippen LogP contribution in [-0.2, 0) is 12.8 Å². The molecule has 2 N–H and O–H groups in total. The SMILES string of the molecule is c1ccc(-c2ccc([Si]C(Cc3cn[nH]n3)Cc3cn[nH]n3)cc2)cc1. The monoisotopic (exact) mass is 358 g/mol. The van der Waals surface area contributed by atoms with Crippen LogP contribution in [0.5, 0.6) is 0 Å². The molecule has 0 aliphatic heterocycles. The maximum absolute atomic E-state index is 4.21. The number of aromatic nitrogens is 6. The van der Waals surface area contributed by atoms with E-state index in [-0.39, 0.29) is 0 Å². The highest BCUT2D eigenvalue weighted by Crippen LogP contribution is 2.19. The molecule has 7 heteroatoms. The molecule has 2 aromatic heterocycles. The zero-order valence-corrected chi connectivity index (χ0v) is 15.1. The molecule has 6 nitrogen and oxygen atoms in total. The Bertz CT molecular complexity index is 868. The highest BCUT2D eigenvalue weighted by Gasteiger charge is 2.16. The van der Waals surface area contributed by atoms with Crippen LogP contribution in [0.2, 0.25) is 5.54 Å². The molecule has 0 atom stereocenters. The zero-order valence-electron chi connectivity index (χ0n) is 14.1. The Labute approximate surface area is 153 Å². The molecule has 0 amide bonds. The van der Waals surface area contributed by atoms with Crippen LogP contribution in [0.25, 0.3) is 11.1 Å². The zero-order chi connectivity index (χ0) is 17.6. The first-order chi connectivity index (χ1) is 12.9. The van der Waals surface area contributed by atoms with Gasteiger partial charge in [0, 0.05) is 0 Å². The van der Waals surface area contributed by atoms with Gasteiger partial charge < -0.3 is 0 Å². The first-order valence-electron chi connectivity index (χ1n) is 8.48. The maximum atomic E-state index is 4.21. The van der Waals surface area contributed by atoms with Crippen molar-refractivity contribution in [2.75, 3.05) is 0 Å². The Morgan fingerprint density at radius 2 is 1.31 bits per heavy atom. The fourth-order valence-electron chi connectivity index (χ4n) is 2.95. The summed E-state index contributed by atoms with van der Waals surface area (Å²) in [6.07, 6.45) is 5.31. The van der Waals surface area contributed by atoms with Gasteiger partial charge in [-0.25, -0.2) is 0 Å².